The number of guanidine groups is 1. The van der Waals surface area contributed by atoms with E-state index in [0.29, 0.717) is 12.6 Å². The minimum absolute atomic E-state index is 0.462. The number of aryl methyl sites for hydroxylation is 2. The van der Waals surface area contributed by atoms with Crippen LogP contribution < -0.4 is 10.6 Å². The van der Waals surface area contributed by atoms with E-state index >= 15 is 0 Å². The molecule has 152 valence electrons. The standard InChI is InChI=1S/C21H30ClN5S/c1-4-23-21(24-13-20-15(2)25-16(3)28-20)26-19-9-11-27(12-10-19)14-17-5-7-18(22)8-6-17/h5-8,19H,4,9-14H2,1-3H3,(H2,23,24,26). The zero-order valence-electron chi connectivity index (χ0n) is 17.0. The normalized spacial score (nSPS) is 16.4. The van der Waals surface area contributed by atoms with Gasteiger partial charge in [0.25, 0.3) is 0 Å². The zero-order chi connectivity index (χ0) is 19.9. The molecule has 0 spiro atoms. The van der Waals surface area contributed by atoms with Gasteiger partial charge in [-0.05, 0) is 51.3 Å². The Morgan fingerprint density at radius 3 is 2.57 bits per heavy atom. The molecule has 1 aromatic heterocycles. The van der Waals surface area contributed by atoms with Gasteiger partial charge in [0.2, 0.25) is 0 Å². The van der Waals surface area contributed by atoms with Crippen molar-refractivity contribution in [2.75, 3.05) is 19.6 Å². The highest BCUT2D eigenvalue weighted by Crippen LogP contribution is 2.18. The Morgan fingerprint density at radius 1 is 1.25 bits per heavy atom. The second-order valence-electron chi connectivity index (χ2n) is 7.26. The van der Waals surface area contributed by atoms with Crippen molar-refractivity contribution in [2.24, 2.45) is 4.99 Å². The molecule has 0 bridgehead atoms. The molecule has 7 heteroatoms. The number of halogens is 1. The molecule has 0 radical (unpaired) electrons. The van der Waals surface area contributed by atoms with Crippen LogP contribution in [0.4, 0.5) is 0 Å². The third-order valence-corrected chi connectivity index (χ3v) is 6.28. The van der Waals surface area contributed by atoms with Gasteiger partial charge >= 0.3 is 0 Å². The van der Waals surface area contributed by atoms with Crippen molar-refractivity contribution in [1.29, 1.82) is 0 Å². The predicted molar refractivity (Wildman–Crippen MR) is 119 cm³/mol. The van der Waals surface area contributed by atoms with Crippen molar-refractivity contribution in [3.8, 4) is 0 Å². The Bertz CT molecular complexity index is 779. The summed E-state index contributed by atoms with van der Waals surface area (Å²) >= 11 is 7.71. The van der Waals surface area contributed by atoms with Crippen LogP contribution in [0.1, 0.15) is 40.9 Å². The molecule has 0 aliphatic carbocycles. The number of likely N-dealkylation sites (tertiary alicyclic amines) is 1. The maximum atomic E-state index is 5.98. The molecule has 0 amide bonds. The molecule has 1 aliphatic rings. The van der Waals surface area contributed by atoms with Gasteiger partial charge in [-0.15, -0.1) is 11.3 Å². The summed E-state index contributed by atoms with van der Waals surface area (Å²) in [5.41, 5.74) is 2.42. The fraction of sp³-hybridized carbons (Fsp3) is 0.524. The quantitative estimate of drug-likeness (QED) is 0.546. The first-order chi connectivity index (χ1) is 13.5. The molecule has 28 heavy (non-hydrogen) atoms. The third kappa shape index (κ3) is 6.19. The molecule has 1 aromatic carbocycles. The smallest absolute Gasteiger partial charge is 0.191 e. The predicted octanol–water partition coefficient (Wildman–Crippen LogP) is 4.13. The van der Waals surface area contributed by atoms with Gasteiger partial charge in [-0.3, -0.25) is 4.90 Å². The van der Waals surface area contributed by atoms with E-state index in [-0.39, 0.29) is 0 Å². The molecular weight excluding hydrogens is 390 g/mol. The first-order valence-electron chi connectivity index (χ1n) is 9.98. The van der Waals surface area contributed by atoms with Crippen molar-refractivity contribution in [1.82, 2.24) is 20.5 Å². The average molecular weight is 420 g/mol. The molecule has 5 nitrogen and oxygen atoms in total. The Balaban J connectivity index is 1.50. The number of thiazole rings is 1. The number of nitrogens with one attached hydrogen (secondary N) is 2. The van der Waals surface area contributed by atoms with Gasteiger partial charge in [0.1, 0.15) is 0 Å². The van der Waals surface area contributed by atoms with E-state index in [0.717, 1.165) is 60.7 Å². The van der Waals surface area contributed by atoms with Crippen molar-refractivity contribution in [3.63, 3.8) is 0 Å². The van der Waals surface area contributed by atoms with E-state index in [9.17, 15) is 0 Å². The number of piperidine rings is 1. The molecule has 2 aromatic rings. The molecule has 0 saturated carbocycles. The number of aromatic nitrogens is 1. The molecule has 1 aliphatic heterocycles. The highest BCUT2D eigenvalue weighted by atomic mass is 35.5. The fourth-order valence-corrected chi connectivity index (χ4v) is 4.46. The van der Waals surface area contributed by atoms with Crippen LogP contribution in [0.2, 0.25) is 5.02 Å². The van der Waals surface area contributed by atoms with Crippen LogP contribution in [-0.4, -0.2) is 41.5 Å². The van der Waals surface area contributed by atoms with Gasteiger partial charge in [0.05, 0.1) is 17.2 Å². The van der Waals surface area contributed by atoms with E-state index in [4.69, 9.17) is 16.6 Å². The van der Waals surface area contributed by atoms with Crippen LogP contribution in [0.15, 0.2) is 29.3 Å². The Hall–Kier alpha value is -1.63. The lowest BCUT2D eigenvalue weighted by atomic mass is 10.0. The molecular formula is C21H30ClN5S. The first kappa shape index (κ1) is 21.1. The van der Waals surface area contributed by atoms with E-state index < -0.39 is 0 Å². The van der Waals surface area contributed by atoms with E-state index in [1.54, 1.807) is 11.3 Å². The van der Waals surface area contributed by atoms with Crippen molar-refractivity contribution in [3.05, 3.63) is 50.4 Å². The molecule has 2 N–H and O–H groups in total. The monoisotopic (exact) mass is 419 g/mol. The summed E-state index contributed by atoms with van der Waals surface area (Å²) in [6, 6.07) is 8.63. The number of rotatable bonds is 6. The lowest BCUT2D eigenvalue weighted by Crippen LogP contribution is -2.48. The lowest BCUT2D eigenvalue weighted by Gasteiger charge is -2.33. The van der Waals surface area contributed by atoms with E-state index in [2.05, 4.69) is 46.5 Å². The highest BCUT2D eigenvalue weighted by Gasteiger charge is 2.20. The number of aliphatic imine (C=N–C) groups is 1. The van der Waals surface area contributed by atoms with Gasteiger partial charge in [0.15, 0.2) is 5.96 Å². The average Bonchev–Trinajstić information content (AvgIpc) is 3.00. The minimum Gasteiger partial charge on any atom is -0.357 e. The number of hydrogen-bond donors (Lipinski definition) is 2. The Morgan fingerprint density at radius 2 is 1.96 bits per heavy atom. The lowest BCUT2D eigenvalue weighted by molar-refractivity contribution is 0.198. The van der Waals surface area contributed by atoms with Gasteiger partial charge in [-0.1, -0.05) is 23.7 Å². The molecule has 2 heterocycles. The van der Waals surface area contributed by atoms with Crippen LogP contribution in [0.3, 0.4) is 0 Å². The highest BCUT2D eigenvalue weighted by molar-refractivity contribution is 7.11. The summed E-state index contributed by atoms with van der Waals surface area (Å²) in [5, 5.41) is 8.91. The topological polar surface area (TPSA) is 52.6 Å². The summed E-state index contributed by atoms with van der Waals surface area (Å²) in [6.07, 6.45) is 2.24. The molecule has 1 fully saturated rings. The van der Waals surface area contributed by atoms with Crippen LogP contribution in [0.25, 0.3) is 0 Å². The van der Waals surface area contributed by atoms with Crippen LogP contribution >= 0.6 is 22.9 Å². The summed E-state index contributed by atoms with van der Waals surface area (Å²) in [4.78, 5) is 13.0. The van der Waals surface area contributed by atoms with Gasteiger partial charge in [0, 0.05) is 42.1 Å². The summed E-state index contributed by atoms with van der Waals surface area (Å²) in [6.45, 7) is 10.9. The SMILES string of the molecule is CCNC(=NCc1sc(C)nc1C)NC1CCN(Cc2ccc(Cl)cc2)CC1. The largest absolute Gasteiger partial charge is 0.357 e. The first-order valence-corrected chi connectivity index (χ1v) is 11.2. The summed E-state index contributed by atoms with van der Waals surface area (Å²) < 4.78 is 0. The molecule has 3 rings (SSSR count). The number of hydrogen-bond acceptors (Lipinski definition) is 4. The second kappa shape index (κ2) is 10.2. The van der Waals surface area contributed by atoms with E-state index in [1.807, 2.05) is 19.1 Å². The van der Waals surface area contributed by atoms with Gasteiger partial charge in [-0.25, -0.2) is 9.98 Å². The molecule has 1 saturated heterocycles. The van der Waals surface area contributed by atoms with Crippen molar-refractivity contribution in [2.45, 2.75) is 52.7 Å². The van der Waals surface area contributed by atoms with Crippen molar-refractivity contribution >= 4 is 28.9 Å². The Kier molecular flexibility index (Phi) is 7.71. The van der Waals surface area contributed by atoms with Crippen LogP contribution in [0.5, 0.6) is 0 Å². The molecule has 0 unspecified atom stereocenters. The van der Waals surface area contributed by atoms with Gasteiger partial charge in [-0.2, -0.15) is 0 Å². The number of benzene rings is 1. The summed E-state index contributed by atoms with van der Waals surface area (Å²) in [5.74, 6) is 0.907. The summed E-state index contributed by atoms with van der Waals surface area (Å²) in [7, 11) is 0. The van der Waals surface area contributed by atoms with Crippen LogP contribution in [-0.2, 0) is 13.1 Å². The number of nitrogens with zero attached hydrogens (tertiary/aromatic N) is 3. The van der Waals surface area contributed by atoms with Crippen molar-refractivity contribution < 1.29 is 0 Å². The van der Waals surface area contributed by atoms with E-state index in [1.165, 1.54) is 10.4 Å². The second-order valence-corrected chi connectivity index (χ2v) is 8.98. The minimum atomic E-state index is 0.462. The Labute approximate surface area is 177 Å². The van der Waals surface area contributed by atoms with Gasteiger partial charge < -0.3 is 10.6 Å². The molecule has 0 atom stereocenters. The third-order valence-electron chi connectivity index (χ3n) is 4.97. The van der Waals surface area contributed by atoms with Crippen LogP contribution in [0, 0.1) is 13.8 Å². The maximum absolute atomic E-state index is 5.98. The maximum Gasteiger partial charge on any atom is 0.191 e. The zero-order valence-corrected chi connectivity index (χ0v) is 18.5. The fourth-order valence-electron chi connectivity index (χ4n) is 3.47.